The molecule has 62 valence electrons. The summed E-state index contributed by atoms with van der Waals surface area (Å²) in [5, 5.41) is 2.34. The van der Waals surface area contributed by atoms with E-state index in [2.05, 4.69) is 40.1 Å². The zero-order chi connectivity index (χ0) is 8.20. The molecule has 2 nitrogen and oxygen atoms in total. The van der Waals surface area contributed by atoms with Crippen molar-refractivity contribution in [1.29, 1.82) is 0 Å². The van der Waals surface area contributed by atoms with Crippen molar-refractivity contribution in [2.24, 2.45) is 0 Å². The van der Waals surface area contributed by atoms with Crippen molar-refractivity contribution >= 4 is 0 Å². The van der Waals surface area contributed by atoms with Gasteiger partial charge >= 0.3 is 0 Å². The van der Waals surface area contributed by atoms with Crippen molar-refractivity contribution in [3.05, 3.63) is 0 Å². The van der Waals surface area contributed by atoms with Gasteiger partial charge < -0.3 is 0 Å². The van der Waals surface area contributed by atoms with Crippen LogP contribution in [0.5, 0.6) is 0 Å². The summed E-state index contributed by atoms with van der Waals surface area (Å²) < 4.78 is 0.931. The standard InChI is InChI=1S/C8H21N2/c1-6-7-8-9(2)10(3,4)5/h6-8H2,1-5H3/q+1. The minimum atomic E-state index is 0.931. The van der Waals surface area contributed by atoms with E-state index in [-0.39, 0.29) is 0 Å². The molecule has 0 atom stereocenters. The molecule has 0 spiro atoms. The summed E-state index contributed by atoms with van der Waals surface area (Å²) in [4.78, 5) is 0. The summed E-state index contributed by atoms with van der Waals surface area (Å²) in [5.41, 5.74) is 0. The summed E-state index contributed by atoms with van der Waals surface area (Å²) in [7, 11) is 8.73. The highest BCUT2D eigenvalue weighted by molar-refractivity contribution is 4.36. The van der Waals surface area contributed by atoms with Crippen LogP contribution < -0.4 is 0 Å². The molecule has 0 rings (SSSR count). The van der Waals surface area contributed by atoms with E-state index in [9.17, 15) is 0 Å². The van der Waals surface area contributed by atoms with Crippen molar-refractivity contribution < 1.29 is 4.59 Å². The van der Waals surface area contributed by atoms with Gasteiger partial charge in [-0.05, 0) is 6.42 Å². The predicted octanol–water partition coefficient (Wildman–Crippen LogP) is 1.34. The van der Waals surface area contributed by atoms with Crippen molar-refractivity contribution in [2.75, 3.05) is 34.7 Å². The van der Waals surface area contributed by atoms with Gasteiger partial charge in [0.25, 0.3) is 0 Å². The Labute approximate surface area is 65.0 Å². The number of hydrogen-bond acceptors (Lipinski definition) is 1. The molecule has 0 aromatic rings. The largest absolute Gasteiger partial charge is 0.251 e. The van der Waals surface area contributed by atoms with Crippen LogP contribution >= 0.6 is 0 Å². The zero-order valence-corrected chi connectivity index (χ0v) is 8.02. The molecule has 0 heterocycles. The van der Waals surface area contributed by atoms with E-state index in [1.165, 1.54) is 19.4 Å². The van der Waals surface area contributed by atoms with E-state index in [4.69, 9.17) is 0 Å². The quantitative estimate of drug-likeness (QED) is 0.426. The average Bonchev–Trinajstić information content (AvgIpc) is 1.80. The fourth-order valence-electron chi connectivity index (χ4n) is 0.687. The van der Waals surface area contributed by atoms with Crippen LogP contribution in [-0.4, -0.2) is 44.3 Å². The van der Waals surface area contributed by atoms with Crippen LogP contribution in [0.1, 0.15) is 19.8 Å². The fraction of sp³-hybridized carbons (Fsp3) is 1.00. The summed E-state index contributed by atoms with van der Waals surface area (Å²) in [6, 6.07) is 0. The van der Waals surface area contributed by atoms with Crippen LogP contribution in [0.25, 0.3) is 0 Å². The molecule has 2 heteroatoms. The van der Waals surface area contributed by atoms with Crippen LogP contribution in [0.4, 0.5) is 0 Å². The molecule has 0 aliphatic carbocycles. The van der Waals surface area contributed by atoms with Gasteiger partial charge in [0.1, 0.15) is 0 Å². The molecule has 0 aliphatic rings. The first-order valence-corrected chi connectivity index (χ1v) is 4.01. The zero-order valence-electron chi connectivity index (χ0n) is 8.02. The Balaban J connectivity index is 3.52. The molecule has 10 heavy (non-hydrogen) atoms. The summed E-state index contributed by atoms with van der Waals surface area (Å²) >= 11 is 0. The Morgan fingerprint density at radius 1 is 1.20 bits per heavy atom. The third kappa shape index (κ3) is 3.85. The van der Waals surface area contributed by atoms with Gasteiger partial charge in [-0.25, -0.2) is 0 Å². The Morgan fingerprint density at radius 2 is 1.70 bits per heavy atom. The molecular weight excluding hydrogens is 124 g/mol. The molecule has 0 saturated heterocycles. The highest BCUT2D eigenvalue weighted by Gasteiger charge is 2.13. The van der Waals surface area contributed by atoms with E-state index in [0.29, 0.717) is 0 Å². The maximum Gasteiger partial charge on any atom is 0.0855 e. The summed E-state index contributed by atoms with van der Waals surface area (Å²) in [5.74, 6) is 0. The third-order valence-electron chi connectivity index (χ3n) is 1.86. The molecular formula is C8H21N2+. The molecule has 0 N–H and O–H groups in total. The molecule has 0 fully saturated rings. The van der Waals surface area contributed by atoms with E-state index < -0.39 is 0 Å². The monoisotopic (exact) mass is 145 g/mol. The number of nitrogens with zero attached hydrogens (tertiary/aromatic N) is 2. The Hall–Kier alpha value is -0.0800. The van der Waals surface area contributed by atoms with E-state index >= 15 is 0 Å². The highest BCUT2D eigenvalue weighted by atomic mass is 15.7. The van der Waals surface area contributed by atoms with Crippen molar-refractivity contribution in [3.8, 4) is 0 Å². The smallest absolute Gasteiger partial charge is 0.0855 e. The Bertz CT molecular complexity index is 83.7. The van der Waals surface area contributed by atoms with Gasteiger partial charge in [-0.1, -0.05) is 13.3 Å². The minimum Gasteiger partial charge on any atom is -0.251 e. The van der Waals surface area contributed by atoms with Crippen LogP contribution in [0.3, 0.4) is 0 Å². The molecule has 0 aromatic carbocycles. The van der Waals surface area contributed by atoms with Gasteiger partial charge in [0.15, 0.2) is 0 Å². The lowest BCUT2D eigenvalue weighted by molar-refractivity contribution is -0.983. The second kappa shape index (κ2) is 3.94. The first-order chi connectivity index (χ1) is 4.48. The topological polar surface area (TPSA) is 3.24 Å². The number of hydrogen-bond donors (Lipinski definition) is 0. The normalized spacial score (nSPS) is 12.6. The fourth-order valence-corrected chi connectivity index (χ4v) is 0.687. The minimum absolute atomic E-state index is 0.931. The number of rotatable bonds is 4. The second-order valence-electron chi connectivity index (χ2n) is 3.68. The van der Waals surface area contributed by atoms with Crippen LogP contribution in [-0.2, 0) is 0 Å². The maximum absolute atomic E-state index is 2.34. The lowest BCUT2D eigenvalue weighted by Gasteiger charge is -2.33. The predicted molar refractivity (Wildman–Crippen MR) is 45.6 cm³/mol. The van der Waals surface area contributed by atoms with Crippen molar-refractivity contribution in [1.82, 2.24) is 5.01 Å². The van der Waals surface area contributed by atoms with Gasteiger partial charge in [0, 0.05) is 13.6 Å². The van der Waals surface area contributed by atoms with E-state index in [0.717, 1.165) is 4.59 Å². The first kappa shape index (κ1) is 9.92. The number of quaternary nitrogens is 1. The second-order valence-corrected chi connectivity index (χ2v) is 3.68. The molecule has 0 aromatic heterocycles. The molecule has 0 radical (unpaired) electrons. The molecule has 0 unspecified atom stereocenters. The Kier molecular flexibility index (Phi) is 3.91. The molecule has 0 aliphatic heterocycles. The Morgan fingerprint density at radius 3 is 2.00 bits per heavy atom. The van der Waals surface area contributed by atoms with E-state index in [1.807, 2.05) is 0 Å². The number of unbranched alkanes of at least 4 members (excludes halogenated alkanes) is 1. The van der Waals surface area contributed by atoms with Gasteiger partial charge in [-0.3, -0.25) is 4.59 Å². The van der Waals surface area contributed by atoms with Gasteiger partial charge in [0.05, 0.1) is 21.1 Å². The van der Waals surface area contributed by atoms with Crippen LogP contribution in [0.2, 0.25) is 0 Å². The van der Waals surface area contributed by atoms with Gasteiger partial charge in [-0.2, -0.15) is 5.01 Å². The van der Waals surface area contributed by atoms with Crippen molar-refractivity contribution in [2.45, 2.75) is 19.8 Å². The summed E-state index contributed by atoms with van der Waals surface area (Å²) in [6.45, 7) is 3.42. The maximum atomic E-state index is 2.34. The highest BCUT2D eigenvalue weighted by Crippen LogP contribution is 1.99. The molecule has 0 saturated carbocycles. The van der Waals surface area contributed by atoms with Crippen LogP contribution in [0, 0.1) is 0 Å². The first-order valence-electron chi connectivity index (χ1n) is 4.01. The lowest BCUT2D eigenvalue weighted by Crippen LogP contribution is -2.49. The van der Waals surface area contributed by atoms with Crippen molar-refractivity contribution in [3.63, 3.8) is 0 Å². The molecule has 0 amide bonds. The average molecular weight is 145 g/mol. The van der Waals surface area contributed by atoms with Gasteiger partial charge in [0.2, 0.25) is 0 Å². The molecule has 0 bridgehead atoms. The summed E-state index contributed by atoms with van der Waals surface area (Å²) in [6.07, 6.45) is 2.58. The SMILES string of the molecule is CCCCN(C)[N+](C)(C)C. The third-order valence-corrected chi connectivity index (χ3v) is 1.86. The lowest BCUT2D eigenvalue weighted by atomic mass is 10.3. The van der Waals surface area contributed by atoms with Crippen LogP contribution in [0.15, 0.2) is 0 Å². The van der Waals surface area contributed by atoms with E-state index in [1.54, 1.807) is 0 Å². The van der Waals surface area contributed by atoms with Gasteiger partial charge in [-0.15, -0.1) is 0 Å².